The van der Waals surface area contributed by atoms with Crippen molar-refractivity contribution in [3.8, 4) is 0 Å². The van der Waals surface area contributed by atoms with Gasteiger partial charge in [0.05, 0.1) is 5.75 Å². The quantitative estimate of drug-likeness (QED) is 0.723. The van der Waals surface area contributed by atoms with Crippen molar-refractivity contribution >= 4 is 15.6 Å². The minimum atomic E-state index is -3.21. The molecule has 1 aromatic rings. The zero-order chi connectivity index (χ0) is 11.1. The van der Waals surface area contributed by atoms with Gasteiger partial charge in [-0.1, -0.05) is 19.1 Å². The van der Waals surface area contributed by atoms with E-state index in [1.165, 1.54) is 0 Å². The maximum absolute atomic E-state index is 11.6. The zero-order valence-corrected chi connectivity index (χ0v) is 9.30. The van der Waals surface area contributed by atoms with E-state index in [-0.39, 0.29) is 17.3 Å². The van der Waals surface area contributed by atoms with Crippen LogP contribution in [0.2, 0.25) is 0 Å². The molecule has 0 spiro atoms. The lowest BCUT2D eigenvalue weighted by Gasteiger charge is -2.15. The van der Waals surface area contributed by atoms with Gasteiger partial charge in [-0.2, -0.15) is 0 Å². The third-order valence-corrected chi connectivity index (χ3v) is 4.06. The summed E-state index contributed by atoms with van der Waals surface area (Å²) in [4.78, 5) is 11.6. The molecule has 0 radical (unpaired) electrons. The molecular weight excluding hydrogens is 212 g/mol. The molecule has 1 aliphatic rings. The van der Waals surface area contributed by atoms with E-state index in [0.717, 1.165) is 12.0 Å². The second-order valence-corrected chi connectivity index (χ2v) is 5.86. The first kappa shape index (κ1) is 10.4. The lowest BCUT2D eigenvalue weighted by atomic mass is 10.0. The van der Waals surface area contributed by atoms with Crippen LogP contribution in [0.5, 0.6) is 0 Å². The fourth-order valence-corrected chi connectivity index (χ4v) is 3.18. The Balaban J connectivity index is 2.55. The lowest BCUT2D eigenvalue weighted by molar-refractivity contribution is 0.101. The highest BCUT2D eigenvalue weighted by atomic mass is 32.2. The van der Waals surface area contributed by atoms with Crippen LogP contribution >= 0.6 is 0 Å². The molecule has 0 fully saturated rings. The molecule has 0 bridgehead atoms. The number of aryl methyl sites for hydroxylation is 1. The molecule has 2 rings (SSSR count). The number of ketones is 1. The molecule has 0 atom stereocenters. The Labute approximate surface area is 89.0 Å². The van der Waals surface area contributed by atoms with Crippen LogP contribution in [0, 0.1) is 0 Å². The maximum atomic E-state index is 11.6. The SMILES string of the molecule is CCc1ccc2c(c1)C(=O)CS(=O)(=O)C2. The molecule has 0 amide bonds. The molecular formula is C11H12O3S. The van der Waals surface area contributed by atoms with E-state index < -0.39 is 9.84 Å². The van der Waals surface area contributed by atoms with E-state index >= 15 is 0 Å². The van der Waals surface area contributed by atoms with Gasteiger partial charge in [0.1, 0.15) is 5.75 Å². The molecule has 0 N–H and O–H groups in total. The molecule has 1 aromatic carbocycles. The van der Waals surface area contributed by atoms with Crippen LogP contribution in [0.4, 0.5) is 0 Å². The van der Waals surface area contributed by atoms with Crippen molar-refractivity contribution < 1.29 is 13.2 Å². The second-order valence-electron chi connectivity index (χ2n) is 3.80. The van der Waals surface area contributed by atoms with E-state index in [9.17, 15) is 13.2 Å². The number of carbonyl (C=O) groups excluding carboxylic acids is 1. The highest BCUT2D eigenvalue weighted by Crippen LogP contribution is 2.22. The van der Waals surface area contributed by atoms with Crippen LogP contribution in [-0.4, -0.2) is 20.0 Å². The monoisotopic (exact) mass is 224 g/mol. The number of benzene rings is 1. The van der Waals surface area contributed by atoms with Crippen molar-refractivity contribution in [2.45, 2.75) is 19.1 Å². The molecule has 80 valence electrons. The van der Waals surface area contributed by atoms with E-state index in [1.807, 2.05) is 19.1 Å². The van der Waals surface area contributed by atoms with Gasteiger partial charge < -0.3 is 0 Å². The molecule has 0 aliphatic carbocycles. The molecule has 1 aliphatic heterocycles. The molecule has 3 nitrogen and oxygen atoms in total. The third-order valence-electron chi connectivity index (χ3n) is 2.61. The molecule has 0 aromatic heterocycles. The van der Waals surface area contributed by atoms with Crippen LogP contribution in [0.25, 0.3) is 0 Å². The average Bonchev–Trinajstić information content (AvgIpc) is 2.15. The topological polar surface area (TPSA) is 51.2 Å². The van der Waals surface area contributed by atoms with Crippen molar-refractivity contribution in [3.05, 3.63) is 34.9 Å². The van der Waals surface area contributed by atoms with Gasteiger partial charge in [0.2, 0.25) is 0 Å². The van der Waals surface area contributed by atoms with Crippen LogP contribution in [0.3, 0.4) is 0 Å². The minimum Gasteiger partial charge on any atom is -0.293 e. The van der Waals surface area contributed by atoms with Crippen molar-refractivity contribution in [2.75, 3.05) is 5.75 Å². The summed E-state index contributed by atoms with van der Waals surface area (Å²) in [5.41, 5.74) is 2.30. The third kappa shape index (κ3) is 1.95. The number of carbonyl (C=O) groups is 1. The number of rotatable bonds is 1. The van der Waals surface area contributed by atoms with E-state index in [0.29, 0.717) is 11.1 Å². The van der Waals surface area contributed by atoms with Crippen LogP contribution in [-0.2, 0) is 22.0 Å². The number of Topliss-reactive ketones (excluding diaryl/α,β-unsaturated/α-hetero) is 1. The minimum absolute atomic E-state index is 0.00192. The Hall–Kier alpha value is -1.16. The number of hydrogen-bond acceptors (Lipinski definition) is 3. The first-order valence-electron chi connectivity index (χ1n) is 4.87. The largest absolute Gasteiger partial charge is 0.293 e. The van der Waals surface area contributed by atoms with Gasteiger partial charge in [-0.15, -0.1) is 0 Å². The summed E-state index contributed by atoms with van der Waals surface area (Å²) in [6, 6.07) is 5.45. The van der Waals surface area contributed by atoms with Crippen molar-refractivity contribution in [1.29, 1.82) is 0 Å². The summed E-state index contributed by atoms with van der Waals surface area (Å²) in [6.45, 7) is 2.01. The zero-order valence-electron chi connectivity index (χ0n) is 8.49. The van der Waals surface area contributed by atoms with Gasteiger partial charge in [0.25, 0.3) is 0 Å². The van der Waals surface area contributed by atoms with Crippen molar-refractivity contribution in [1.82, 2.24) is 0 Å². The maximum Gasteiger partial charge on any atom is 0.178 e. The number of fused-ring (bicyclic) bond motifs is 1. The van der Waals surface area contributed by atoms with Gasteiger partial charge in [0, 0.05) is 5.56 Å². The highest BCUT2D eigenvalue weighted by Gasteiger charge is 2.27. The van der Waals surface area contributed by atoms with Gasteiger partial charge >= 0.3 is 0 Å². The van der Waals surface area contributed by atoms with Crippen LogP contribution in [0.1, 0.15) is 28.4 Å². The summed E-state index contributed by atoms with van der Waals surface area (Å²) >= 11 is 0. The van der Waals surface area contributed by atoms with Gasteiger partial charge in [-0.25, -0.2) is 8.42 Å². The Morgan fingerprint density at radius 2 is 2.00 bits per heavy atom. The Bertz CT molecular complexity index is 515. The fourth-order valence-electron chi connectivity index (χ4n) is 1.79. The first-order chi connectivity index (χ1) is 7.02. The molecule has 0 saturated heterocycles. The van der Waals surface area contributed by atoms with E-state index in [4.69, 9.17) is 0 Å². The van der Waals surface area contributed by atoms with Crippen molar-refractivity contribution in [2.24, 2.45) is 0 Å². The first-order valence-corrected chi connectivity index (χ1v) is 6.69. The fraction of sp³-hybridized carbons (Fsp3) is 0.364. The predicted molar refractivity (Wildman–Crippen MR) is 57.6 cm³/mol. The van der Waals surface area contributed by atoms with Crippen LogP contribution in [0.15, 0.2) is 18.2 Å². The smallest absolute Gasteiger partial charge is 0.178 e. The summed E-state index contributed by atoms with van der Waals surface area (Å²) in [5, 5.41) is 0. The van der Waals surface area contributed by atoms with E-state index in [1.54, 1.807) is 6.07 Å². The van der Waals surface area contributed by atoms with Crippen LogP contribution < -0.4 is 0 Å². The molecule has 0 saturated carbocycles. The standard InChI is InChI=1S/C11H12O3S/c1-2-8-3-4-9-6-15(13,14)7-11(12)10(9)5-8/h3-5H,2,6-7H2,1H3. The normalized spacial score (nSPS) is 18.6. The Morgan fingerprint density at radius 1 is 1.27 bits per heavy atom. The van der Waals surface area contributed by atoms with Crippen molar-refractivity contribution in [3.63, 3.8) is 0 Å². The van der Waals surface area contributed by atoms with E-state index in [2.05, 4.69) is 0 Å². The Morgan fingerprint density at radius 3 is 2.67 bits per heavy atom. The molecule has 0 unspecified atom stereocenters. The predicted octanol–water partition coefficient (Wildman–Crippen LogP) is 1.36. The summed E-state index contributed by atoms with van der Waals surface area (Å²) in [6.07, 6.45) is 0.854. The lowest BCUT2D eigenvalue weighted by Crippen LogP contribution is -2.25. The van der Waals surface area contributed by atoms with Gasteiger partial charge in [-0.05, 0) is 23.6 Å². The molecule has 1 heterocycles. The molecule has 4 heteroatoms. The summed E-state index contributed by atoms with van der Waals surface area (Å²) in [5.74, 6) is -0.614. The Kier molecular flexibility index (Phi) is 2.38. The highest BCUT2D eigenvalue weighted by molar-refractivity contribution is 7.91. The van der Waals surface area contributed by atoms with Gasteiger partial charge in [0.15, 0.2) is 15.6 Å². The number of sulfone groups is 1. The average molecular weight is 224 g/mol. The van der Waals surface area contributed by atoms with Gasteiger partial charge in [-0.3, -0.25) is 4.79 Å². The summed E-state index contributed by atoms with van der Waals surface area (Å²) in [7, 11) is -3.21. The number of hydrogen-bond donors (Lipinski definition) is 0. The second kappa shape index (κ2) is 3.45. The molecule has 15 heavy (non-hydrogen) atoms. The summed E-state index contributed by atoms with van der Waals surface area (Å²) < 4.78 is 22.7.